The van der Waals surface area contributed by atoms with Crippen molar-refractivity contribution >= 4 is 17.7 Å². The lowest BCUT2D eigenvalue weighted by Crippen LogP contribution is -2.21. The first-order valence-corrected chi connectivity index (χ1v) is 7.55. The Kier molecular flexibility index (Phi) is 5.54. The van der Waals surface area contributed by atoms with Gasteiger partial charge in [-0.15, -0.1) is 11.8 Å². The molecule has 2 rings (SSSR count). The largest absolute Gasteiger partial charge is 0.482 e. The predicted molar refractivity (Wildman–Crippen MR) is 76.5 cm³/mol. The zero-order chi connectivity index (χ0) is 13.5. The van der Waals surface area contributed by atoms with Gasteiger partial charge in [-0.1, -0.05) is 12.1 Å². The Morgan fingerprint density at radius 2 is 2.21 bits per heavy atom. The minimum absolute atomic E-state index is 0.0345. The molecule has 0 amide bonds. The van der Waals surface area contributed by atoms with Gasteiger partial charge in [0.05, 0.1) is 12.0 Å². The monoisotopic (exact) mass is 281 g/mol. The molecule has 0 radical (unpaired) electrons. The summed E-state index contributed by atoms with van der Waals surface area (Å²) in [6, 6.07) is 7.88. The van der Waals surface area contributed by atoms with E-state index in [1.807, 2.05) is 36.0 Å². The van der Waals surface area contributed by atoms with E-state index in [0.717, 1.165) is 13.0 Å². The molecule has 1 saturated heterocycles. The van der Waals surface area contributed by atoms with Gasteiger partial charge in [0.25, 0.3) is 0 Å². The van der Waals surface area contributed by atoms with Crippen molar-refractivity contribution in [1.29, 1.82) is 0 Å². The summed E-state index contributed by atoms with van der Waals surface area (Å²) < 4.78 is 10.2. The number of hydrogen-bond donors (Lipinski definition) is 1. The van der Waals surface area contributed by atoms with E-state index >= 15 is 0 Å². The van der Waals surface area contributed by atoms with E-state index in [9.17, 15) is 4.79 Å². The molecule has 1 aromatic rings. The quantitative estimate of drug-likeness (QED) is 0.806. The molecule has 1 heterocycles. The van der Waals surface area contributed by atoms with Gasteiger partial charge in [-0.25, -0.2) is 4.79 Å². The molecule has 1 aliphatic heterocycles. The second-order valence-electron chi connectivity index (χ2n) is 4.26. The van der Waals surface area contributed by atoms with Gasteiger partial charge in [0.2, 0.25) is 0 Å². The van der Waals surface area contributed by atoms with E-state index in [4.69, 9.17) is 9.47 Å². The summed E-state index contributed by atoms with van der Waals surface area (Å²) in [5.41, 5.74) is 1.27. The van der Waals surface area contributed by atoms with Crippen LogP contribution < -0.4 is 10.1 Å². The molecule has 4 nitrogen and oxygen atoms in total. The van der Waals surface area contributed by atoms with Gasteiger partial charge in [-0.3, -0.25) is 0 Å². The second kappa shape index (κ2) is 7.40. The van der Waals surface area contributed by atoms with E-state index in [0.29, 0.717) is 17.7 Å². The van der Waals surface area contributed by atoms with Gasteiger partial charge in [-0.2, -0.15) is 0 Å². The predicted octanol–water partition coefficient (Wildman–Crippen LogP) is 1.83. The molecule has 0 aliphatic carbocycles. The van der Waals surface area contributed by atoms with Crippen LogP contribution in [0.25, 0.3) is 0 Å². The number of nitrogens with one attached hydrogen (secondary N) is 1. The maximum Gasteiger partial charge on any atom is 0.344 e. The highest BCUT2D eigenvalue weighted by Crippen LogP contribution is 2.20. The zero-order valence-corrected chi connectivity index (χ0v) is 11.9. The summed E-state index contributed by atoms with van der Waals surface area (Å²) in [6.07, 6.45) is 1.02. The lowest BCUT2D eigenvalue weighted by Gasteiger charge is -2.10. The summed E-state index contributed by atoms with van der Waals surface area (Å²) in [4.78, 5) is 11.2. The van der Waals surface area contributed by atoms with Crippen LogP contribution in [0.2, 0.25) is 0 Å². The van der Waals surface area contributed by atoms with Crippen LogP contribution >= 0.6 is 11.8 Å². The number of rotatable bonds is 6. The molecule has 5 heteroatoms. The Hall–Kier alpha value is -1.20. The van der Waals surface area contributed by atoms with Crippen LogP contribution in [0.1, 0.15) is 12.5 Å². The average Bonchev–Trinajstić information content (AvgIpc) is 2.91. The molecule has 0 saturated carbocycles. The minimum atomic E-state index is -0.335. The molecule has 0 spiro atoms. The van der Waals surface area contributed by atoms with E-state index in [1.165, 1.54) is 11.3 Å². The highest BCUT2D eigenvalue weighted by atomic mass is 32.2. The highest BCUT2D eigenvalue weighted by molar-refractivity contribution is 8.00. The maximum atomic E-state index is 11.2. The summed E-state index contributed by atoms with van der Waals surface area (Å²) >= 11 is 1.96. The van der Waals surface area contributed by atoms with Crippen LogP contribution in [0.3, 0.4) is 0 Å². The van der Waals surface area contributed by atoms with Crippen LogP contribution in [0, 0.1) is 0 Å². The number of esters is 1. The Labute approximate surface area is 117 Å². The number of carbonyl (C=O) groups is 1. The molecule has 1 fully saturated rings. The second-order valence-corrected chi connectivity index (χ2v) is 5.57. The number of carbonyl (C=O) groups excluding carboxylic acids is 1. The SMILES string of the molecule is CCOC(=O)COc1ccc(CC2NCCS2)cc1. The molecular weight excluding hydrogens is 262 g/mol. The Bertz CT molecular complexity index is 402. The van der Waals surface area contributed by atoms with Gasteiger partial charge in [-0.05, 0) is 31.0 Å². The van der Waals surface area contributed by atoms with Crippen LogP contribution in [0.5, 0.6) is 5.75 Å². The standard InChI is InChI=1S/C14H19NO3S/c1-2-17-14(16)10-18-12-5-3-11(4-6-12)9-13-15-7-8-19-13/h3-6,13,15H,2,7-10H2,1H3. The lowest BCUT2D eigenvalue weighted by molar-refractivity contribution is -0.145. The van der Waals surface area contributed by atoms with Crippen molar-refractivity contribution in [3.63, 3.8) is 0 Å². The fraction of sp³-hybridized carbons (Fsp3) is 0.500. The van der Waals surface area contributed by atoms with Crippen molar-refractivity contribution in [2.45, 2.75) is 18.7 Å². The van der Waals surface area contributed by atoms with Crippen LogP contribution in [0.15, 0.2) is 24.3 Å². The highest BCUT2D eigenvalue weighted by Gasteiger charge is 2.14. The Morgan fingerprint density at radius 1 is 1.42 bits per heavy atom. The number of ether oxygens (including phenoxy) is 2. The lowest BCUT2D eigenvalue weighted by atomic mass is 10.1. The third-order valence-corrected chi connectivity index (χ3v) is 3.98. The first-order chi connectivity index (χ1) is 9.28. The van der Waals surface area contributed by atoms with E-state index < -0.39 is 0 Å². The van der Waals surface area contributed by atoms with Gasteiger partial charge >= 0.3 is 5.97 Å². The molecule has 1 aliphatic rings. The first kappa shape index (κ1) is 14.2. The maximum absolute atomic E-state index is 11.2. The minimum Gasteiger partial charge on any atom is -0.482 e. The Balaban J connectivity index is 1.79. The van der Waals surface area contributed by atoms with Crippen molar-refractivity contribution in [1.82, 2.24) is 5.32 Å². The molecule has 1 aromatic carbocycles. The summed E-state index contributed by atoms with van der Waals surface area (Å²) in [6.45, 7) is 3.22. The topological polar surface area (TPSA) is 47.6 Å². The third-order valence-electron chi connectivity index (χ3n) is 2.80. The molecule has 19 heavy (non-hydrogen) atoms. The van der Waals surface area contributed by atoms with Crippen molar-refractivity contribution < 1.29 is 14.3 Å². The average molecular weight is 281 g/mol. The first-order valence-electron chi connectivity index (χ1n) is 6.50. The van der Waals surface area contributed by atoms with E-state index in [2.05, 4.69) is 5.32 Å². The fourth-order valence-corrected chi connectivity index (χ4v) is 2.96. The van der Waals surface area contributed by atoms with Crippen LogP contribution in [-0.4, -0.2) is 36.9 Å². The Morgan fingerprint density at radius 3 is 2.84 bits per heavy atom. The number of hydrogen-bond acceptors (Lipinski definition) is 5. The van der Waals surface area contributed by atoms with Crippen molar-refractivity contribution in [3.8, 4) is 5.75 Å². The van der Waals surface area contributed by atoms with Crippen molar-refractivity contribution in [3.05, 3.63) is 29.8 Å². The molecule has 0 bridgehead atoms. The van der Waals surface area contributed by atoms with Gasteiger partial charge < -0.3 is 14.8 Å². The zero-order valence-electron chi connectivity index (χ0n) is 11.1. The van der Waals surface area contributed by atoms with Crippen LogP contribution in [0.4, 0.5) is 0 Å². The number of benzene rings is 1. The van der Waals surface area contributed by atoms with Gasteiger partial charge in [0, 0.05) is 12.3 Å². The van der Waals surface area contributed by atoms with Gasteiger partial charge in [0.15, 0.2) is 6.61 Å². The number of thioether (sulfide) groups is 1. The molecule has 1 N–H and O–H groups in total. The smallest absolute Gasteiger partial charge is 0.344 e. The van der Waals surface area contributed by atoms with Crippen LogP contribution in [-0.2, 0) is 16.0 Å². The van der Waals surface area contributed by atoms with E-state index in [-0.39, 0.29) is 12.6 Å². The third kappa shape index (κ3) is 4.76. The van der Waals surface area contributed by atoms with Crippen molar-refractivity contribution in [2.24, 2.45) is 0 Å². The molecule has 1 atom stereocenters. The molecule has 104 valence electrons. The molecular formula is C14H19NO3S. The van der Waals surface area contributed by atoms with Gasteiger partial charge in [0.1, 0.15) is 5.75 Å². The summed E-state index contributed by atoms with van der Waals surface area (Å²) in [5, 5.41) is 3.96. The normalized spacial score (nSPS) is 18.3. The van der Waals surface area contributed by atoms with Crippen molar-refractivity contribution in [2.75, 3.05) is 25.5 Å². The summed E-state index contributed by atoms with van der Waals surface area (Å²) in [7, 11) is 0. The molecule has 0 aromatic heterocycles. The van der Waals surface area contributed by atoms with E-state index in [1.54, 1.807) is 6.92 Å². The molecule has 1 unspecified atom stereocenters. The summed E-state index contributed by atoms with van der Waals surface area (Å²) in [5.74, 6) is 1.55. The fourth-order valence-electron chi connectivity index (χ4n) is 1.89.